The standard InChI is InChI=1S/C24H26N6O/c1-19-15-21(5-8-23(19)25-2)9-10-28-11-13-29(14-12-28)24(31)16-20-3-6-22(7-4-20)30-18-26-17-27-30/h3-8,15,17-18H,9-14,16H2,1H3. The van der Waals surface area contributed by atoms with Crippen LogP contribution in [0.25, 0.3) is 10.5 Å². The van der Waals surface area contributed by atoms with E-state index in [4.69, 9.17) is 6.57 Å². The first-order valence-corrected chi connectivity index (χ1v) is 10.5. The molecular formula is C24H26N6O. The first kappa shape index (κ1) is 20.8. The molecule has 2 aromatic carbocycles. The molecule has 0 aliphatic carbocycles. The Labute approximate surface area is 182 Å². The molecule has 0 atom stereocenters. The third-order valence-corrected chi connectivity index (χ3v) is 5.80. The van der Waals surface area contributed by atoms with E-state index in [0.29, 0.717) is 6.42 Å². The minimum absolute atomic E-state index is 0.179. The molecule has 7 nitrogen and oxygen atoms in total. The number of carbonyl (C=O) groups excluding carboxylic acids is 1. The first-order chi connectivity index (χ1) is 15.1. The number of benzene rings is 2. The molecule has 1 fully saturated rings. The summed E-state index contributed by atoms with van der Waals surface area (Å²) in [7, 11) is 0. The van der Waals surface area contributed by atoms with Gasteiger partial charge in [-0.1, -0.05) is 30.3 Å². The van der Waals surface area contributed by atoms with Crippen molar-refractivity contribution in [2.75, 3.05) is 32.7 Å². The van der Waals surface area contributed by atoms with Crippen LogP contribution in [0.15, 0.2) is 55.1 Å². The van der Waals surface area contributed by atoms with E-state index in [2.05, 4.69) is 25.9 Å². The number of aryl methyl sites for hydroxylation is 1. The Morgan fingerprint density at radius 1 is 1.06 bits per heavy atom. The third kappa shape index (κ3) is 5.16. The van der Waals surface area contributed by atoms with Crippen LogP contribution in [0.1, 0.15) is 16.7 Å². The molecule has 0 spiro atoms. The number of aromatic nitrogens is 3. The number of carbonyl (C=O) groups is 1. The lowest BCUT2D eigenvalue weighted by Gasteiger charge is -2.35. The van der Waals surface area contributed by atoms with Gasteiger partial charge in [0.1, 0.15) is 12.7 Å². The molecule has 4 rings (SSSR count). The van der Waals surface area contributed by atoms with E-state index in [-0.39, 0.29) is 5.91 Å². The SMILES string of the molecule is [C-]#[N+]c1ccc(CCN2CCN(C(=O)Cc3ccc(-n4cncn4)cc3)CC2)cc1C. The number of piperazine rings is 1. The largest absolute Gasteiger partial charge is 0.340 e. The summed E-state index contributed by atoms with van der Waals surface area (Å²) in [4.78, 5) is 24.6. The number of hydrogen-bond acceptors (Lipinski definition) is 4. The van der Waals surface area contributed by atoms with E-state index in [1.165, 1.54) is 11.9 Å². The zero-order chi connectivity index (χ0) is 21.6. The number of hydrogen-bond donors (Lipinski definition) is 0. The van der Waals surface area contributed by atoms with Crippen molar-refractivity contribution >= 4 is 11.6 Å². The molecule has 1 saturated heterocycles. The molecule has 31 heavy (non-hydrogen) atoms. The van der Waals surface area contributed by atoms with Gasteiger partial charge in [0.15, 0.2) is 5.69 Å². The molecule has 1 aliphatic heterocycles. The molecule has 0 radical (unpaired) electrons. The Bertz CT molecular complexity index is 1060. The van der Waals surface area contributed by atoms with Gasteiger partial charge < -0.3 is 4.90 Å². The van der Waals surface area contributed by atoms with Gasteiger partial charge in [-0.05, 0) is 42.2 Å². The van der Waals surface area contributed by atoms with Gasteiger partial charge >= 0.3 is 0 Å². The Morgan fingerprint density at radius 3 is 2.45 bits per heavy atom. The smallest absolute Gasteiger partial charge is 0.227 e. The summed E-state index contributed by atoms with van der Waals surface area (Å²) in [5.74, 6) is 0.179. The molecule has 0 N–H and O–H groups in total. The van der Waals surface area contributed by atoms with Gasteiger partial charge in [0, 0.05) is 32.7 Å². The first-order valence-electron chi connectivity index (χ1n) is 10.5. The van der Waals surface area contributed by atoms with Gasteiger partial charge in [-0.25, -0.2) is 14.5 Å². The maximum Gasteiger partial charge on any atom is 0.227 e. The predicted molar refractivity (Wildman–Crippen MR) is 119 cm³/mol. The van der Waals surface area contributed by atoms with Gasteiger partial charge in [0.25, 0.3) is 0 Å². The van der Waals surface area contributed by atoms with Crippen LogP contribution in [0.5, 0.6) is 0 Å². The summed E-state index contributed by atoms with van der Waals surface area (Å²) in [5.41, 5.74) is 4.97. The van der Waals surface area contributed by atoms with E-state index in [1.807, 2.05) is 48.2 Å². The highest BCUT2D eigenvalue weighted by Crippen LogP contribution is 2.20. The van der Waals surface area contributed by atoms with Crippen LogP contribution in [-0.2, 0) is 17.6 Å². The maximum atomic E-state index is 12.7. The summed E-state index contributed by atoms with van der Waals surface area (Å²) in [5, 5.41) is 4.12. The lowest BCUT2D eigenvalue weighted by Crippen LogP contribution is -2.49. The van der Waals surface area contributed by atoms with Crippen molar-refractivity contribution in [3.05, 3.63) is 83.2 Å². The van der Waals surface area contributed by atoms with Crippen molar-refractivity contribution < 1.29 is 4.79 Å². The third-order valence-electron chi connectivity index (χ3n) is 5.80. The molecule has 7 heteroatoms. The summed E-state index contributed by atoms with van der Waals surface area (Å²) < 4.78 is 1.70. The van der Waals surface area contributed by atoms with Gasteiger partial charge in [-0.15, -0.1) is 0 Å². The second kappa shape index (κ2) is 9.54. The molecule has 3 aromatic rings. The van der Waals surface area contributed by atoms with Crippen LogP contribution in [0.2, 0.25) is 0 Å². The van der Waals surface area contributed by atoms with E-state index in [1.54, 1.807) is 11.0 Å². The fourth-order valence-electron chi connectivity index (χ4n) is 3.90. The van der Waals surface area contributed by atoms with Crippen LogP contribution in [0, 0.1) is 13.5 Å². The number of amides is 1. The Balaban J connectivity index is 1.23. The Hall–Kier alpha value is -3.50. The van der Waals surface area contributed by atoms with Gasteiger partial charge in [0.2, 0.25) is 5.91 Å². The van der Waals surface area contributed by atoms with E-state index >= 15 is 0 Å². The van der Waals surface area contributed by atoms with Gasteiger partial charge in [-0.3, -0.25) is 9.69 Å². The highest BCUT2D eigenvalue weighted by Gasteiger charge is 2.21. The second-order valence-electron chi connectivity index (χ2n) is 7.89. The zero-order valence-corrected chi connectivity index (χ0v) is 17.7. The Kier molecular flexibility index (Phi) is 6.39. The molecule has 158 valence electrons. The predicted octanol–water partition coefficient (Wildman–Crippen LogP) is 3.06. The lowest BCUT2D eigenvalue weighted by atomic mass is 10.1. The van der Waals surface area contributed by atoms with Crippen molar-refractivity contribution in [1.29, 1.82) is 0 Å². The second-order valence-corrected chi connectivity index (χ2v) is 7.89. The number of nitrogens with zero attached hydrogens (tertiary/aromatic N) is 6. The quantitative estimate of drug-likeness (QED) is 0.582. The van der Waals surface area contributed by atoms with Crippen LogP contribution in [0.3, 0.4) is 0 Å². The fraction of sp³-hybridized carbons (Fsp3) is 0.333. The molecule has 0 unspecified atom stereocenters. The highest BCUT2D eigenvalue weighted by atomic mass is 16.2. The molecule has 1 amide bonds. The van der Waals surface area contributed by atoms with Gasteiger partial charge in [0.05, 0.1) is 18.7 Å². The topological polar surface area (TPSA) is 58.6 Å². The van der Waals surface area contributed by atoms with E-state index in [9.17, 15) is 4.79 Å². The van der Waals surface area contributed by atoms with Crippen molar-refractivity contribution in [3.8, 4) is 5.69 Å². The summed E-state index contributed by atoms with van der Waals surface area (Å²) in [6.07, 6.45) is 4.54. The van der Waals surface area contributed by atoms with Crippen molar-refractivity contribution in [2.24, 2.45) is 0 Å². The average molecular weight is 415 g/mol. The number of rotatable bonds is 6. The molecular weight excluding hydrogens is 388 g/mol. The normalized spacial score (nSPS) is 14.4. The fourth-order valence-corrected chi connectivity index (χ4v) is 3.90. The maximum absolute atomic E-state index is 12.7. The summed E-state index contributed by atoms with van der Waals surface area (Å²) in [6, 6.07) is 13.9. The van der Waals surface area contributed by atoms with Crippen molar-refractivity contribution in [2.45, 2.75) is 19.8 Å². The zero-order valence-electron chi connectivity index (χ0n) is 17.7. The van der Waals surface area contributed by atoms with Crippen molar-refractivity contribution in [3.63, 3.8) is 0 Å². The average Bonchev–Trinajstić information content (AvgIpc) is 3.33. The minimum Gasteiger partial charge on any atom is -0.340 e. The molecule has 1 aromatic heterocycles. The molecule has 0 saturated carbocycles. The summed E-state index contributed by atoms with van der Waals surface area (Å²) in [6.45, 7) is 13.5. The highest BCUT2D eigenvalue weighted by molar-refractivity contribution is 5.79. The molecule has 1 aliphatic rings. The van der Waals surface area contributed by atoms with Gasteiger partial charge in [-0.2, -0.15) is 5.10 Å². The minimum atomic E-state index is 0.179. The van der Waals surface area contributed by atoms with Crippen LogP contribution >= 0.6 is 0 Å². The van der Waals surface area contributed by atoms with E-state index < -0.39 is 0 Å². The lowest BCUT2D eigenvalue weighted by molar-refractivity contribution is -0.132. The molecule has 0 bridgehead atoms. The Morgan fingerprint density at radius 2 is 1.81 bits per heavy atom. The molecule has 2 heterocycles. The monoisotopic (exact) mass is 414 g/mol. The van der Waals surface area contributed by atoms with Crippen LogP contribution < -0.4 is 0 Å². The summed E-state index contributed by atoms with van der Waals surface area (Å²) >= 11 is 0. The van der Waals surface area contributed by atoms with Crippen LogP contribution in [-0.4, -0.2) is 63.2 Å². The van der Waals surface area contributed by atoms with Crippen molar-refractivity contribution in [1.82, 2.24) is 24.6 Å². The van der Waals surface area contributed by atoms with E-state index in [0.717, 1.165) is 61.6 Å². The van der Waals surface area contributed by atoms with Crippen LogP contribution in [0.4, 0.5) is 5.69 Å².